The van der Waals surface area contributed by atoms with Gasteiger partial charge in [0.05, 0.1) is 19.3 Å². The zero-order valence-electron chi connectivity index (χ0n) is 21.1. The van der Waals surface area contributed by atoms with Crippen LogP contribution in [0.25, 0.3) is 0 Å². The molecule has 0 aromatic carbocycles. The van der Waals surface area contributed by atoms with Crippen molar-refractivity contribution in [1.29, 1.82) is 5.26 Å². The third-order valence-corrected chi connectivity index (χ3v) is 8.29. The standard InChI is InChI=1S/C24H32F3N5O5/c1-22(2)6-11(18(33)31-22)5-13(7-28)29-19(34)17-15-14(23(15,3)4)8-32(17)20(35)16(12-9-37-10-12)30-21(36)24(25,26)27/h11-17H,5-6,8-10H2,1-4H3,(H,29,34)(H,30,36)(H,31,33)/t11-,13+,14+,15+,16+,17+/m1/s1. The molecule has 3 heterocycles. The summed E-state index contributed by atoms with van der Waals surface area (Å²) in [6.07, 6.45) is -4.58. The van der Waals surface area contributed by atoms with Crippen LogP contribution >= 0.6 is 0 Å². The smallest absolute Gasteiger partial charge is 0.380 e. The quantitative estimate of drug-likeness (QED) is 0.440. The number of alkyl halides is 3. The molecule has 0 bridgehead atoms. The number of ether oxygens (including phenoxy) is 1. The lowest BCUT2D eigenvalue weighted by Crippen LogP contribution is -2.62. The lowest BCUT2D eigenvalue weighted by atomic mass is 9.91. The van der Waals surface area contributed by atoms with E-state index in [0.29, 0.717) is 6.42 Å². The summed E-state index contributed by atoms with van der Waals surface area (Å²) in [6, 6.07) is -1.48. The van der Waals surface area contributed by atoms with Crippen LogP contribution in [0.2, 0.25) is 0 Å². The van der Waals surface area contributed by atoms with E-state index in [-0.39, 0.29) is 49.3 Å². The highest BCUT2D eigenvalue weighted by atomic mass is 19.4. The van der Waals surface area contributed by atoms with Crippen LogP contribution in [0.15, 0.2) is 0 Å². The van der Waals surface area contributed by atoms with E-state index < -0.39 is 59.4 Å². The zero-order valence-corrected chi connectivity index (χ0v) is 21.1. The van der Waals surface area contributed by atoms with E-state index in [1.165, 1.54) is 4.90 Å². The molecule has 3 N–H and O–H groups in total. The van der Waals surface area contributed by atoms with Gasteiger partial charge in [0, 0.05) is 23.9 Å². The number of rotatable bonds is 7. The number of nitrogens with zero attached hydrogens (tertiary/aromatic N) is 2. The molecule has 4 rings (SSSR count). The monoisotopic (exact) mass is 527 g/mol. The Kier molecular flexibility index (Phi) is 6.72. The van der Waals surface area contributed by atoms with E-state index in [9.17, 15) is 37.6 Å². The van der Waals surface area contributed by atoms with E-state index >= 15 is 0 Å². The number of nitriles is 1. The highest BCUT2D eigenvalue weighted by Gasteiger charge is 2.70. The van der Waals surface area contributed by atoms with Crippen molar-refractivity contribution in [1.82, 2.24) is 20.9 Å². The molecule has 1 saturated carbocycles. The van der Waals surface area contributed by atoms with Crippen molar-refractivity contribution in [2.75, 3.05) is 19.8 Å². The molecule has 3 saturated heterocycles. The van der Waals surface area contributed by atoms with Crippen LogP contribution in [0, 0.1) is 40.4 Å². The molecule has 37 heavy (non-hydrogen) atoms. The second-order valence-electron chi connectivity index (χ2n) is 11.8. The van der Waals surface area contributed by atoms with Gasteiger partial charge >= 0.3 is 12.1 Å². The lowest BCUT2D eigenvalue weighted by molar-refractivity contribution is -0.177. The Balaban J connectivity index is 1.50. The van der Waals surface area contributed by atoms with Crippen molar-refractivity contribution in [3.05, 3.63) is 0 Å². The first kappa shape index (κ1) is 27.2. The summed E-state index contributed by atoms with van der Waals surface area (Å²) in [7, 11) is 0. The molecule has 0 aromatic rings. The SMILES string of the molecule is CC1(C)C[C@@H](C[C@@H](C#N)NC(=O)[C@@H]2[C@@H]3[C@H](CN2C(=O)[C@@H](NC(=O)C(F)(F)F)C2COC2)C3(C)C)C(=O)N1. The number of hydrogen-bond acceptors (Lipinski definition) is 6. The fourth-order valence-electron chi connectivity index (χ4n) is 6.11. The van der Waals surface area contributed by atoms with Crippen LogP contribution in [0.1, 0.15) is 40.5 Å². The molecule has 1 aliphatic carbocycles. The minimum atomic E-state index is -5.17. The average molecular weight is 528 g/mol. The second-order valence-corrected chi connectivity index (χ2v) is 11.8. The maximum Gasteiger partial charge on any atom is 0.471 e. The Morgan fingerprint density at radius 3 is 2.35 bits per heavy atom. The molecule has 10 nitrogen and oxygen atoms in total. The van der Waals surface area contributed by atoms with Crippen molar-refractivity contribution < 1.29 is 37.1 Å². The molecule has 3 aliphatic heterocycles. The van der Waals surface area contributed by atoms with Gasteiger partial charge in [-0.25, -0.2) is 0 Å². The van der Waals surface area contributed by atoms with Gasteiger partial charge in [0.25, 0.3) is 0 Å². The summed E-state index contributed by atoms with van der Waals surface area (Å²) in [5.74, 6) is -5.22. The number of amides is 4. The predicted octanol–water partition coefficient (Wildman–Crippen LogP) is 0.476. The average Bonchev–Trinajstić information content (AvgIpc) is 3.04. The topological polar surface area (TPSA) is 141 Å². The van der Waals surface area contributed by atoms with E-state index in [1.807, 2.05) is 33.8 Å². The zero-order chi connectivity index (χ0) is 27.5. The van der Waals surface area contributed by atoms with Gasteiger partial charge in [-0.15, -0.1) is 0 Å². The Hall–Kier alpha value is -2.88. The molecule has 4 fully saturated rings. The molecule has 4 amide bonds. The Morgan fingerprint density at radius 1 is 1.22 bits per heavy atom. The number of carbonyl (C=O) groups excluding carboxylic acids is 4. The summed E-state index contributed by atoms with van der Waals surface area (Å²) < 4.78 is 43.9. The normalized spacial score (nSPS) is 31.3. The molecule has 4 aliphatic rings. The van der Waals surface area contributed by atoms with Gasteiger partial charge in [0.1, 0.15) is 18.1 Å². The highest BCUT2D eigenvalue weighted by Crippen LogP contribution is 2.65. The lowest BCUT2D eigenvalue weighted by Gasteiger charge is -2.38. The van der Waals surface area contributed by atoms with E-state index in [2.05, 4.69) is 10.6 Å². The van der Waals surface area contributed by atoms with E-state index in [4.69, 9.17) is 4.74 Å². The van der Waals surface area contributed by atoms with Gasteiger partial charge in [-0.2, -0.15) is 18.4 Å². The minimum absolute atomic E-state index is 0.00784. The van der Waals surface area contributed by atoms with Crippen LogP contribution in [0.4, 0.5) is 13.2 Å². The first-order valence-corrected chi connectivity index (χ1v) is 12.3. The molecular formula is C24H32F3N5O5. The largest absolute Gasteiger partial charge is 0.471 e. The third-order valence-electron chi connectivity index (χ3n) is 8.29. The van der Waals surface area contributed by atoms with Crippen molar-refractivity contribution in [3.63, 3.8) is 0 Å². The summed E-state index contributed by atoms with van der Waals surface area (Å²) in [6.45, 7) is 7.78. The Bertz CT molecular complexity index is 1030. The maximum absolute atomic E-state index is 13.5. The summed E-state index contributed by atoms with van der Waals surface area (Å²) in [5, 5.41) is 17.0. The van der Waals surface area contributed by atoms with Crippen LogP contribution in [0.3, 0.4) is 0 Å². The second kappa shape index (κ2) is 9.15. The molecular weight excluding hydrogens is 495 g/mol. The molecule has 0 unspecified atom stereocenters. The van der Waals surface area contributed by atoms with Gasteiger partial charge < -0.3 is 25.6 Å². The van der Waals surface area contributed by atoms with Crippen molar-refractivity contribution >= 4 is 23.6 Å². The van der Waals surface area contributed by atoms with Gasteiger partial charge in [-0.3, -0.25) is 19.2 Å². The third kappa shape index (κ3) is 5.12. The number of hydrogen-bond donors (Lipinski definition) is 3. The first-order chi connectivity index (χ1) is 17.1. The fourth-order valence-corrected chi connectivity index (χ4v) is 6.11. The highest BCUT2D eigenvalue weighted by molar-refractivity contribution is 5.94. The van der Waals surface area contributed by atoms with Crippen LogP contribution in [-0.4, -0.2) is 78.1 Å². The van der Waals surface area contributed by atoms with Crippen LogP contribution in [-0.2, 0) is 23.9 Å². The summed E-state index contributed by atoms with van der Waals surface area (Å²) in [4.78, 5) is 52.1. The number of fused-ring (bicyclic) bond motifs is 1. The van der Waals surface area contributed by atoms with Crippen LogP contribution in [0.5, 0.6) is 0 Å². The fraction of sp³-hybridized carbons (Fsp3) is 0.792. The van der Waals surface area contributed by atoms with Crippen LogP contribution < -0.4 is 16.0 Å². The van der Waals surface area contributed by atoms with Gasteiger partial charge in [0.15, 0.2) is 0 Å². The first-order valence-electron chi connectivity index (χ1n) is 12.3. The molecule has 6 atom stereocenters. The minimum Gasteiger partial charge on any atom is -0.380 e. The molecule has 0 aromatic heterocycles. The van der Waals surface area contributed by atoms with Gasteiger partial charge in [-0.05, 0) is 43.9 Å². The molecule has 204 valence electrons. The number of piperidine rings is 1. The van der Waals surface area contributed by atoms with E-state index in [0.717, 1.165) is 0 Å². The van der Waals surface area contributed by atoms with Crippen molar-refractivity contribution in [2.24, 2.45) is 29.1 Å². The number of likely N-dealkylation sites (tertiary alicyclic amines) is 1. The summed E-state index contributed by atoms with van der Waals surface area (Å²) >= 11 is 0. The number of halogens is 3. The molecule has 0 radical (unpaired) electrons. The summed E-state index contributed by atoms with van der Waals surface area (Å²) in [5.41, 5.74) is -0.701. The van der Waals surface area contributed by atoms with Crippen molar-refractivity contribution in [2.45, 2.75) is 70.4 Å². The number of carbonyl (C=O) groups is 4. The predicted molar refractivity (Wildman–Crippen MR) is 121 cm³/mol. The molecule has 0 spiro atoms. The molecule has 13 heteroatoms. The van der Waals surface area contributed by atoms with Crippen molar-refractivity contribution in [3.8, 4) is 6.07 Å². The Labute approximate surface area is 212 Å². The van der Waals surface area contributed by atoms with Gasteiger partial charge in [-0.1, -0.05) is 13.8 Å². The maximum atomic E-state index is 13.5. The Morgan fingerprint density at radius 2 is 1.86 bits per heavy atom. The number of nitrogens with one attached hydrogen (secondary N) is 3. The van der Waals surface area contributed by atoms with E-state index in [1.54, 1.807) is 5.32 Å². The van der Waals surface area contributed by atoms with Gasteiger partial charge in [0.2, 0.25) is 17.7 Å².